The van der Waals surface area contributed by atoms with Crippen molar-refractivity contribution in [1.29, 1.82) is 0 Å². The van der Waals surface area contributed by atoms with Gasteiger partial charge in [-0.25, -0.2) is 31.2 Å². The second kappa shape index (κ2) is 15.2. The Bertz CT molecular complexity index is 2540. The van der Waals surface area contributed by atoms with Crippen LogP contribution in [0, 0.1) is 0 Å². The molecule has 6 aromatic carbocycles. The number of esters is 2. The predicted octanol–water partition coefficient (Wildman–Crippen LogP) is 8.12. The second-order valence-corrected chi connectivity index (χ2v) is 15.8. The third kappa shape index (κ3) is 8.34. The van der Waals surface area contributed by atoms with Gasteiger partial charge in [-0.1, -0.05) is 47.5 Å². The molecule has 0 aliphatic rings. The van der Waals surface area contributed by atoms with E-state index >= 15 is 0 Å². The third-order valence-corrected chi connectivity index (χ3v) is 11.4. The van der Waals surface area contributed by atoms with Gasteiger partial charge in [0.05, 0.1) is 45.2 Å². The van der Waals surface area contributed by atoms with Crippen molar-refractivity contribution in [3.8, 4) is 0 Å². The van der Waals surface area contributed by atoms with Crippen molar-refractivity contribution in [3.63, 3.8) is 0 Å². The highest BCUT2D eigenvalue weighted by atomic mass is 35.5. The summed E-state index contributed by atoms with van der Waals surface area (Å²) in [4.78, 5) is 36.9. The first-order valence-corrected chi connectivity index (χ1v) is 19.3. The zero-order chi connectivity index (χ0) is 38.8. The van der Waals surface area contributed by atoms with Crippen LogP contribution in [-0.4, -0.2) is 49.0 Å². The summed E-state index contributed by atoms with van der Waals surface area (Å²) in [5, 5.41) is 8.06. The smallest absolute Gasteiger partial charge is 0.339 e. The Morgan fingerprint density at radius 1 is 0.481 bits per heavy atom. The summed E-state index contributed by atoms with van der Waals surface area (Å²) in [6, 6.07) is 26.4. The van der Waals surface area contributed by atoms with Crippen molar-refractivity contribution in [2.75, 3.05) is 34.3 Å². The molecule has 0 radical (unpaired) electrons. The number of nitrogens with one attached hydrogen (secondary N) is 4. The molecule has 0 aliphatic carbocycles. The second-order valence-electron chi connectivity index (χ2n) is 11.6. The van der Waals surface area contributed by atoms with Crippen LogP contribution in [0.5, 0.6) is 0 Å². The topological polar surface area (TPSA) is 186 Å². The van der Waals surface area contributed by atoms with E-state index in [0.29, 0.717) is 32.9 Å². The molecule has 0 bridgehead atoms. The lowest BCUT2D eigenvalue weighted by atomic mass is 10.1. The van der Waals surface area contributed by atoms with Crippen molar-refractivity contribution >= 4 is 106 Å². The summed E-state index contributed by atoms with van der Waals surface area (Å²) in [5.41, 5.74) is 0.913. The molecule has 54 heavy (non-hydrogen) atoms. The Labute approximate surface area is 319 Å². The van der Waals surface area contributed by atoms with Crippen molar-refractivity contribution in [2.24, 2.45) is 0 Å². The highest BCUT2D eigenvalue weighted by Gasteiger charge is 2.20. The molecule has 0 unspecified atom stereocenters. The number of amides is 2. The number of carbonyl (C=O) groups excluding carboxylic acids is 3. The quantitative estimate of drug-likeness (QED) is 0.0992. The van der Waals surface area contributed by atoms with Crippen LogP contribution in [0.25, 0.3) is 21.5 Å². The van der Waals surface area contributed by atoms with Gasteiger partial charge in [-0.05, 0) is 106 Å². The first-order valence-electron chi connectivity index (χ1n) is 15.6. The summed E-state index contributed by atoms with van der Waals surface area (Å²) < 4.78 is 67.3. The summed E-state index contributed by atoms with van der Waals surface area (Å²) in [7, 11) is -5.84. The van der Waals surface area contributed by atoms with Crippen LogP contribution in [0.2, 0.25) is 10.0 Å². The maximum absolute atomic E-state index is 13.3. The number of benzene rings is 6. The van der Waals surface area contributed by atoms with Gasteiger partial charge in [0, 0.05) is 22.7 Å². The Balaban J connectivity index is 1.17. The number of rotatable bonds is 10. The van der Waals surface area contributed by atoms with Crippen LogP contribution in [0.4, 0.5) is 27.5 Å². The van der Waals surface area contributed by atoms with E-state index in [1.165, 1.54) is 74.9 Å². The van der Waals surface area contributed by atoms with E-state index in [9.17, 15) is 31.2 Å². The van der Waals surface area contributed by atoms with E-state index in [1.54, 1.807) is 48.5 Å². The van der Waals surface area contributed by atoms with Crippen molar-refractivity contribution < 1.29 is 40.7 Å². The van der Waals surface area contributed by atoms with Crippen LogP contribution in [0.1, 0.15) is 20.7 Å². The minimum absolute atomic E-state index is 0.00597. The van der Waals surface area contributed by atoms with E-state index in [-0.39, 0.29) is 42.3 Å². The fourth-order valence-electron chi connectivity index (χ4n) is 5.37. The van der Waals surface area contributed by atoms with Crippen LogP contribution in [-0.2, 0) is 29.5 Å². The first kappa shape index (κ1) is 37.9. The maximum atomic E-state index is 13.3. The first-order chi connectivity index (χ1) is 25.6. The van der Waals surface area contributed by atoms with Crippen molar-refractivity contribution in [3.05, 3.63) is 130 Å². The molecule has 0 saturated carbocycles. The number of hydrogen-bond acceptors (Lipinski definition) is 9. The molecule has 0 fully saturated rings. The Morgan fingerprint density at radius 2 is 0.852 bits per heavy atom. The predicted molar refractivity (Wildman–Crippen MR) is 208 cm³/mol. The molecular weight excluding hydrogens is 779 g/mol. The van der Waals surface area contributed by atoms with E-state index in [2.05, 4.69) is 20.1 Å². The number of fused-ring (bicyclic) bond motifs is 2. The number of sulfonamides is 2. The highest BCUT2D eigenvalue weighted by molar-refractivity contribution is 7.93. The SMILES string of the molecule is COC(=O)c1cc(NS(=O)(=O)c2ccc3ccc(NC(=O)Nc4ccc5ccc(S(=O)(=O)Nc6ccc(Cl)c(C(=O)OC)c6)cc5c4)cc3c2)ccc1Cl. The van der Waals surface area contributed by atoms with Crippen LogP contribution < -0.4 is 20.1 Å². The van der Waals surface area contributed by atoms with Gasteiger partial charge < -0.3 is 20.1 Å². The molecular formula is C37H28Cl2N4O9S2. The van der Waals surface area contributed by atoms with E-state index in [0.717, 1.165) is 0 Å². The Morgan fingerprint density at radius 3 is 1.24 bits per heavy atom. The zero-order valence-corrected chi connectivity index (χ0v) is 31.3. The van der Waals surface area contributed by atoms with Gasteiger partial charge in [-0.15, -0.1) is 0 Å². The largest absolute Gasteiger partial charge is 0.465 e. The Kier molecular flexibility index (Phi) is 10.7. The summed E-state index contributed by atoms with van der Waals surface area (Å²) in [6.45, 7) is 0. The molecule has 17 heteroatoms. The fourth-order valence-corrected chi connectivity index (χ4v) is 7.93. The normalized spacial score (nSPS) is 11.5. The molecule has 6 rings (SSSR count). The van der Waals surface area contributed by atoms with Gasteiger partial charge in [0.2, 0.25) is 0 Å². The lowest BCUT2D eigenvalue weighted by molar-refractivity contribution is 0.0592. The number of hydrogen-bond donors (Lipinski definition) is 4. The molecule has 2 amide bonds. The number of ether oxygens (including phenoxy) is 2. The van der Waals surface area contributed by atoms with Crippen molar-refractivity contribution in [1.82, 2.24) is 0 Å². The maximum Gasteiger partial charge on any atom is 0.339 e. The summed E-state index contributed by atoms with van der Waals surface area (Å²) in [6.07, 6.45) is 0. The molecule has 0 spiro atoms. The molecule has 4 N–H and O–H groups in total. The van der Waals surface area contributed by atoms with Crippen LogP contribution in [0.15, 0.2) is 119 Å². The van der Waals surface area contributed by atoms with Crippen LogP contribution >= 0.6 is 23.2 Å². The average Bonchev–Trinajstić information content (AvgIpc) is 3.14. The number of methoxy groups -OCH3 is 2. The van der Waals surface area contributed by atoms with Gasteiger partial charge in [0.15, 0.2) is 0 Å². The molecule has 0 saturated heterocycles. The van der Waals surface area contributed by atoms with E-state index in [1.807, 2.05) is 0 Å². The minimum atomic E-state index is -4.11. The Hall–Kier alpha value is -5.87. The lowest BCUT2D eigenvalue weighted by Crippen LogP contribution is -2.19. The number of urea groups is 1. The molecule has 0 aromatic heterocycles. The fraction of sp³-hybridized carbons (Fsp3) is 0.0541. The van der Waals surface area contributed by atoms with E-state index < -0.39 is 38.0 Å². The average molecular weight is 808 g/mol. The molecule has 0 heterocycles. The van der Waals surface area contributed by atoms with Gasteiger partial charge in [0.25, 0.3) is 20.0 Å². The third-order valence-electron chi connectivity index (χ3n) is 8.01. The van der Waals surface area contributed by atoms with Gasteiger partial charge in [0.1, 0.15) is 0 Å². The van der Waals surface area contributed by atoms with E-state index in [4.69, 9.17) is 32.7 Å². The molecule has 0 atom stereocenters. The summed E-state index contributed by atoms with van der Waals surface area (Å²) in [5.74, 6) is -1.45. The summed E-state index contributed by atoms with van der Waals surface area (Å²) >= 11 is 12.1. The zero-order valence-electron chi connectivity index (χ0n) is 28.1. The van der Waals surface area contributed by atoms with Crippen LogP contribution in [0.3, 0.4) is 0 Å². The number of carbonyl (C=O) groups is 3. The standard InChI is InChI=1S/C37H28Cl2N4O9S2/c1-51-35(44)31-19-27(9-13-33(31)38)42-53(47,48)29-11-5-21-3-7-25(15-23(21)17-29)40-37(46)41-26-8-4-22-6-12-30(18-24(22)16-26)54(49,50)43-28-10-14-34(39)32(20-28)36(45)52-2/h3-20,42-43H,1-2H3,(H2,40,41,46). The molecule has 6 aromatic rings. The monoisotopic (exact) mass is 806 g/mol. The van der Waals surface area contributed by atoms with Crippen molar-refractivity contribution in [2.45, 2.75) is 9.79 Å². The lowest BCUT2D eigenvalue weighted by Gasteiger charge is -2.12. The van der Waals surface area contributed by atoms with Gasteiger partial charge in [-0.3, -0.25) is 9.44 Å². The number of halogens is 2. The highest BCUT2D eigenvalue weighted by Crippen LogP contribution is 2.29. The minimum Gasteiger partial charge on any atom is -0.465 e. The molecule has 13 nitrogen and oxygen atoms in total. The molecule has 0 aliphatic heterocycles. The number of anilines is 4. The van der Waals surface area contributed by atoms with Gasteiger partial charge in [-0.2, -0.15) is 0 Å². The van der Waals surface area contributed by atoms with Gasteiger partial charge >= 0.3 is 18.0 Å². The molecule has 276 valence electrons.